The van der Waals surface area contributed by atoms with Crippen LogP contribution in [-0.2, 0) is 6.61 Å². The predicted molar refractivity (Wildman–Crippen MR) is 78.9 cm³/mol. The second-order valence-electron chi connectivity index (χ2n) is 4.39. The van der Waals surface area contributed by atoms with E-state index < -0.39 is 0 Å². The Bertz CT molecular complexity index is 869. The van der Waals surface area contributed by atoms with Gasteiger partial charge < -0.3 is 9.72 Å². The highest BCUT2D eigenvalue weighted by atomic mass is 32.1. The molecule has 0 radical (unpaired) electrons. The van der Waals surface area contributed by atoms with Crippen molar-refractivity contribution in [2.24, 2.45) is 0 Å². The van der Waals surface area contributed by atoms with Crippen LogP contribution in [0.5, 0.6) is 5.75 Å². The number of H-pyrrole nitrogens is 1. The monoisotopic (exact) mass is 301 g/mol. The van der Waals surface area contributed by atoms with Gasteiger partial charge in [0, 0.05) is 5.69 Å². The number of ether oxygens (including phenoxy) is 1. The maximum atomic E-state index is 11.8. The number of aromatic amines is 1. The molecule has 3 aromatic heterocycles. The summed E-state index contributed by atoms with van der Waals surface area (Å²) in [4.78, 5) is 33.9. The van der Waals surface area contributed by atoms with Crippen LogP contribution in [0, 0.1) is 6.92 Å². The molecule has 7 heteroatoms. The van der Waals surface area contributed by atoms with E-state index in [0.29, 0.717) is 28.1 Å². The molecule has 1 N–H and O–H groups in total. The summed E-state index contributed by atoms with van der Waals surface area (Å²) in [6.07, 6.45) is 0.639. The normalized spacial score (nSPS) is 10.7. The molecule has 0 aromatic carbocycles. The summed E-state index contributed by atoms with van der Waals surface area (Å²) in [6.45, 7) is 1.85. The van der Waals surface area contributed by atoms with Crippen LogP contribution in [0.25, 0.3) is 10.2 Å². The van der Waals surface area contributed by atoms with Crippen molar-refractivity contribution >= 4 is 27.8 Å². The van der Waals surface area contributed by atoms with Crippen molar-refractivity contribution in [2.45, 2.75) is 13.5 Å². The quantitative estimate of drug-likeness (QED) is 0.746. The van der Waals surface area contributed by atoms with Crippen LogP contribution in [0.15, 0.2) is 28.4 Å². The third-order valence-electron chi connectivity index (χ3n) is 2.87. The lowest BCUT2D eigenvalue weighted by atomic mass is 10.3. The lowest BCUT2D eigenvalue weighted by molar-refractivity contribution is 0.111. The van der Waals surface area contributed by atoms with Crippen LogP contribution in [-0.4, -0.2) is 21.2 Å². The largest absolute Gasteiger partial charge is 0.483 e. The van der Waals surface area contributed by atoms with Crippen LogP contribution in [0.1, 0.15) is 22.0 Å². The molecule has 0 saturated carbocycles. The minimum atomic E-state index is -0.189. The molecule has 0 aliphatic rings. The fraction of sp³-hybridized carbons (Fsp3) is 0.143. The highest BCUT2D eigenvalue weighted by Crippen LogP contribution is 2.17. The van der Waals surface area contributed by atoms with Crippen molar-refractivity contribution in [3.63, 3.8) is 0 Å². The molecular weight excluding hydrogens is 290 g/mol. The van der Waals surface area contributed by atoms with Gasteiger partial charge in [-0.3, -0.25) is 9.59 Å². The fourth-order valence-corrected chi connectivity index (χ4v) is 2.63. The van der Waals surface area contributed by atoms with Crippen molar-refractivity contribution in [1.29, 1.82) is 0 Å². The molecule has 3 aromatic rings. The van der Waals surface area contributed by atoms with Crippen LogP contribution in [0.2, 0.25) is 0 Å². The highest BCUT2D eigenvalue weighted by Gasteiger charge is 2.08. The molecule has 3 rings (SSSR count). The molecule has 21 heavy (non-hydrogen) atoms. The lowest BCUT2D eigenvalue weighted by Crippen LogP contribution is -2.12. The number of hydrogen-bond acceptors (Lipinski definition) is 6. The fourth-order valence-electron chi connectivity index (χ4n) is 1.91. The summed E-state index contributed by atoms with van der Waals surface area (Å²) < 4.78 is 6.11. The molecule has 0 bridgehead atoms. The minimum Gasteiger partial charge on any atom is -0.483 e. The number of thiophene rings is 1. The first kappa shape index (κ1) is 13.4. The number of aryl methyl sites for hydroxylation is 1. The van der Waals surface area contributed by atoms with E-state index in [4.69, 9.17) is 4.74 Å². The van der Waals surface area contributed by atoms with Gasteiger partial charge in [0.15, 0.2) is 6.29 Å². The standard InChI is InChI=1S/C14H11N3O3S/c1-8-2-3-11(10(6-18)15-8)20-7-12-16-9-4-5-21-13(9)14(19)17-12/h2-6H,7H2,1H3,(H,16,17,19). The van der Waals surface area contributed by atoms with E-state index in [-0.39, 0.29) is 17.9 Å². The molecule has 106 valence electrons. The van der Waals surface area contributed by atoms with Gasteiger partial charge in [-0.1, -0.05) is 0 Å². The summed E-state index contributed by atoms with van der Waals surface area (Å²) >= 11 is 1.34. The molecule has 0 aliphatic heterocycles. The Morgan fingerprint density at radius 3 is 3.00 bits per heavy atom. The molecule has 0 fully saturated rings. The summed E-state index contributed by atoms with van der Waals surface area (Å²) in [7, 11) is 0. The van der Waals surface area contributed by atoms with Crippen LogP contribution < -0.4 is 10.3 Å². The number of rotatable bonds is 4. The first-order valence-corrected chi connectivity index (χ1v) is 7.07. The van der Waals surface area contributed by atoms with Gasteiger partial charge in [0.2, 0.25) is 0 Å². The Labute approximate surface area is 123 Å². The second kappa shape index (κ2) is 5.45. The van der Waals surface area contributed by atoms with Crippen molar-refractivity contribution in [3.8, 4) is 5.75 Å². The van der Waals surface area contributed by atoms with Crippen LogP contribution in [0.4, 0.5) is 0 Å². The van der Waals surface area contributed by atoms with E-state index in [1.165, 1.54) is 11.3 Å². The summed E-state index contributed by atoms with van der Waals surface area (Å²) in [5.41, 5.74) is 1.41. The van der Waals surface area contributed by atoms with E-state index in [0.717, 1.165) is 5.69 Å². The molecule has 6 nitrogen and oxygen atoms in total. The van der Waals surface area contributed by atoms with Gasteiger partial charge >= 0.3 is 0 Å². The first-order valence-electron chi connectivity index (χ1n) is 6.19. The maximum absolute atomic E-state index is 11.8. The Morgan fingerprint density at radius 1 is 1.33 bits per heavy atom. The third-order valence-corrected chi connectivity index (χ3v) is 3.77. The van der Waals surface area contributed by atoms with E-state index in [1.54, 1.807) is 25.1 Å². The van der Waals surface area contributed by atoms with E-state index in [2.05, 4.69) is 15.0 Å². The smallest absolute Gasteiger partial charge is 0.268 e. The minimum absolute atomic E-state index is 0.0621. The van der Waals surface area contributed by atoms with Gasteiger partial charge in [-0.2, -0.15) is 0 Å². The molecule has 0 saturated heterocycles. The van der Waals surface area contributed by atoms with Crippen molar-refractivity contribution in [1.82, 2.24) is 15.0 Å². The molecular formula is C14H11N3O3S. The first-order chi connectivity index (χ1) is 10.2. The van der Waals surface area contributed by atoms with Gasteiger partial charge in [-0.05, 0) is 30.5 Å². The van der Waals surface area contributed by atoms with E-state index in [1.807, 2.05) is 5.38 Å². The van der Waals surface area contributed by atoms with Gasteiger partial charge in [0.1, 0.15) is 28.6 Å². The maximum Gasteiger partial charge on any atom is 0.268 e. The van der Waals surface area contributed by atoms with E-state index in [9.17, 15) is 9.59 Å². The van der Waals surface area contributed by atoms with Gasteiger partial charge in [0.05, 0.1) is 5.52 Å². The SMILES string of the molecule is Cc1ccc(OCc2nc3ccsc3c(=O)[nH]2)c(C=O)n1. The molecule has 0 unspecified atom stereocenters. The molecule has 0 atom stereocenters. The molecule has 0 aliphatic carbocycles. The molecule has 3 heterocycles. The zero-order chi connectivity index (χ0) is 14.8. The summed E-state index contributed by atoms with van der Waals surface area (Å²) in [5.74, 6) is 0.770. The van der Waals surface area contributed by atoms with Crippen molar-refractivity contribution in [3.05, 3.63) is 51.1 Å². The van der Waals surface area contributed by atoms with Gasteiger partial charge in [-0.15, -0.1) is 11.3 Å². The number of aromatic nitrogens is 3. The number of nitrogens with one attached hydrogen (secondary N) is 1. The Balaban J connectivity index is 1.86. The van der Waals surface area contributed by atoms with Crippen LogP contribution in [0.3, 0.4) is 0 Å². The number of hydrogen-bond donors (Lipinski definition) is 1. The molecule has 0 amide bonds. The summed E-state index contributed by atoms with van der Waals surface area (Å²) in [6, 6.07) is 5.21. The number of carbonyl (C=O) groups excluding carboxylic acids is 1. The summed E-state index contributed by atoms with van der Waals surface area (Å²) in [5, 5.41) is 1.81. The van der Waals surface area contributed by atoms with E-state index >= 15 is 0 Å². The Morgan fingerprint density at radius 2 is 2.19 bits per heavy atom. The zero-order valence-electron chi connectivity index (χ0n) is 11.1. The number of aldehydes is 1. The Hall–Kier alpha value is -2.54. The van der Waals surface area contributed by atoms with Gasteiger partial charge in [-0.25, -0.2) is 9.97 Å². The number of fused-ring (bicyclic) bond motifs is 1. The third kappa shape index (κ3) is 2.68. The number of nitrogens with zero attached hydrogens (tertiary/aromatic N) is 2. The average molecular weight is 301 g/mol. The Kier molecular flexibility index (Phi) is 3.49. The van der Waals surface area contributed by atoms with Crippen LogP contribution >= 0.6 is 11.3 Å². The molecule has 0 spiro atoms. The predicted octanol–water partition coefficient (Wildman–Crippen LogP) is 2.08. The highest BCUT2D eigenvalue weighted by molar-refractivity contribution is 7.17. The zero-order valence-corrected chi connectivity index (χ0v) is 11.9. The van der Waals surface area contributed by atoms with Crippen molar-refractivity contribution < 1.29 is 9.53 Å². The number of carbonyl (C=O) groups is 1. The average Bonchev–Trinajstić information content (AvgIpc) is 2.94. The van der Waals surface area contributed by atoms with Crippen molar-refractivity contribution in [2.75, 3.05) is 0 Å². The lowest BCUT2D eigenvalue weighted by Gasteiger charge is -2.07. The second-order valence-corrected chi connectivity index (χ2v) is 5.31. The topological polar surface area (TPSA) is 84.9 Å². The van der Waals surface area contributed by atoms with Gasteiger partial charge in [0.25, 0.3) is 5.56 Å². The number of pyridine rings is 1.